The van der Waals surface area contributed by atoms with Crippen molar-refractivity contribution in [2.24, 2.45) is 0 Å². The molecule has 0 unspecified atom stereocenters. The highest BCUT2D eigenvalue weighted by Crippen LogP contribution is 2.36. The van der Waals surface area contributed by atoms with E-state index in [2.05, 4.69) is 25.7 Å². The van der Waals surface area contributed by atoms with Crippen LogP contribution in [0.2, 0.25) is 0 Å². The number of nitrogens with zero attached hydrogens (tertiary/aromatic N) is 1. The summed E-state index contributed by atoms with van der Waals surface area (Å²) in [6, 6.07) is 1.06. The molecule has 0 saturated carbocycles. The Morgan fingerprint density at radius 1 is 1.39 bits per heavy atom. The van der Waals surface area contributed by atoms with E-state index in [1.165, 1.54) is 0 Å². The number of aromatic nitrogens is 1. The van der Waals surface area contributed by atoms with Crippen molar-refractivity contribution in [3.8, 4) is 5.75 Å². The molecule has 0 amide bonds. The number of ether oxygens (including phenoxy) is 1. The molecule has 0 aromatic carbocycles. The molecule has 1 aromatic heterocycles. The number of alkyl halides is 6. The van der Waals surface area contributed by atoms with E-state index in [1.54, 1.807) is 0 Å². The average Bonchev–Trinajstić information content (AvgIpc) is 2.26. The topological polar surface area (TPSA) is 42.4 Å². The Morgan fingerprint density at radius 3 is 2.39 bits per heavy atom. The van der Waals surface area contributed by atoms with E-state index in [0.29, 0.717) is 0 Å². The van der Waals surface area contributed by atoms with E-state index in [-0.39, 0.29) is 16.6 Å². The van der Waals surface area contributed by atoms with Crippen LogP contribution in [-0.2, 0) is 11.9 Å². The Hall–Kier alpha value is -0.960. The molecule has 1 heterocycles. The highest BCUT2D eigenvalue weighted by atomic mass is 79.9. The molecule has 0 spiro atoms. The van der Waals surface area contributed by atoms with E-state index in [0.717, 1.165) is 6.07 Å². The first-order valence-corrected chi connectivity index (χ1v) is 5.64. The summed E-state index contributed by atoms with van der Waals surface area (Å²) in [6.07, 6.45) is -8.34. The number of hydrogen-bond acceptors (Lipinski definition) is 3. The summed E-state index contributed by atoms with van der Waals surface area (Å²) in [6.45, 7) is -0.661. The number of hydrogen-bond donors (Lipinski definition) is 1. The molecule has 1 N–H and O–H groups in total. The zero-order valence-corrected chi connectivity index (χ0v) is 10.2. The van der Waals surface area contributed by atoms with E-state index < -0.39 is 30.8 Å². The summed E-state index contributed by atoms with van der Waals surface area (Å²) < 4.78 is 65.2. The smallest absolute Gasteiger partial charge is 0.403 e. The van der Waals surface area contributed by atoms with Crippen molar-refractivity contribution >= 4 is 15.9 Å². The lowest BCUT2D eigenvalue weighted by molar-refractivity contribution is -0.275. The summed E-state index contributed by atoms with van der Waals surface area (Å²) in [7, 11) is 0. The zero-order chi connectivity index (χ0) is 13.9. The van der Waals surface area contributed by atoms with Crippen molar-refractivity contribution < 1.29 is 31.8 Å². The lowest BCUT2D eigenvalue weighted by Crippen LogP contribution is -2.20. The minimum atomic E-state index is -5.09. The van der Waals surface area contributed by atoms with Crippen molar-refractivity contribution in [3.05, 3.63) is 23.0 Å². The first kappa shape index (κ1) is 15.1. The van der Waals surface area contributed by atoms with E-state index in [9.17, 15) is 22.0 Å². The highest BCUT2D eigenvalue weighted by Gasteiger charge is 2.35. The fraction of sp³-hybridized carbons (Fsp3) is 0.444. The Balaban J connectivity index is 3.35. The molecule has 102 valence electrons. The van der Waals surface area contributed by atoms with E-state index >= 15 is 0 Å². The van der Waals surface area contributed by atoms with Crippen LogP contribution in [0.5, 0.6) is 5.75 Å². The van der Waals surface area contributed by atoms with Gasteiger partial charge < -0.3 is 9.84 Å². The lowest BCUT2D eigenvalue weighted by atomic mass is 10.2. The predicted molar refractivity (Wildman–Crippen MR) is 54.4 cm³/mol. The van der Waals surface area contributed by atoms with Gasteiger partial charge in [-0.05, 0) is 6.07 Å². The quantitative estimate of drug-likeness (QED) is 0.678. The van der Waals surface area contributed by atoms with Crippen molar-refractivity contribution in [1.82, 2.24) is 4.98 Å². The van der Waals surface area contributed by atoms with Crippen LogP contribution >= 0.6 is 15.9 Å². The summed E-state index contributed by atoms with van der Waals surface area (Å²) in [5.41, 5.74) is -1.47. The van der Waals surface area contributed by atoms with Crippen LogP contribution in [0, 0.1) is 0 Å². The molecule has 0 radical (unpaired) electrons. The van der Waals surface area contributed by atoms with Crippen LogP contribution in [0.1, 0.15) is 23.4 Å². The first-order chi connectivity index (χ1) is 8.28. The van der Waals surface area contributed by atoms with Gasteiger partial charge in [-0.2, -0.15) is 0 Å². The van der Waals surface area contributed by atoms with Gasteiger partial charge in [0.1, 0.15) is 5.69 Å². The van der Waals surface area contributed by atoms with Gasteiger partial charge in [0.2, 0.25) is 0 Å². The minimum Gasteiger partial charge on any atom is -0.403 e. The minimum absolute atomic E-state index is 0.145. The number of halogens is 6. The molecule has 1 rings (SSSR count). The normalized spacial score (nSPS) is 12.0. The Kier molecular flexibility index (Phi) is 4.85. The summed E-state index contributed by atoms with van der Waals surface area (Å²) in [5, 5.41) is 8.66. The van der Waals surface area contributed by atoms with Crippen LogP contribution in [0.15, 0.2) is 6.07 Å². The maximum Gasteiger partial charge on any atom is 0.573 e. The van der Waals surface area contributed by atoms with Crippen LogP contribution in [0.25, 0.3) is 0 Å². The Labute approximate surface area is 107 Å². The number of aliphatic hydroxyl groups excluding tert-OH is 1. The summed E-state index contributed by atoms with van der Waals surface area (Å²) in [4.78, 5) is 3.24. The fourth-order valence-electron chi connectivity index (χ4n) is 1.23. The Morgan fingerprint density at radius 2 is 2.00 bits per heavy atom. The molecule has 0 atom stereocenters. The number of aliphatic hydroxyl groups is 1. The number of pyridine rings is 1. The zero-order valence-electron chi connectivity index (χ0n) is 8.64. The van der Waals surface area contributed by atoms with Gasteiger partial charge in [0.15, 0.2) is 5.75 Å². The molecular formula is C9H7BrF5NO2. The van der Waals surface area contributed by atoms with E-state index in [1.807, 2.05) is 0 Å². The van der Waals surface area contributed by atoms with Crippen LogP contribution < -0.4 is 4.74 Å². The molecule has 3 nitrogen and oxygen atoms in total. The van der Waals surface area contributed by atoms with Crippen LogP contribution in [0.3, 0.4) is 0 Å². The Bertz CT molecular complexity index is 424. The monoisotopic (exact) mass is 335 g/mol. The SMILES string of the molecule is OCc1cc(CBr)c(OC(F)(F)F)c(C(F)F)n1. The van der Waals surface area contributed by atoms with Gasteiger partial charge >= 0.3 is 6.36 Å². The maximum absolute atomic E-state index is 12.6. The third kappa shape index (κ3) is 3.77. The van der Waals surface area contributed by atoms with Crippen molar-refractivity contribution in [2.75, 3.05) is 0 Å². The molecule has 0 bridgehead atoms. The van der Waals surface area contributed by atoms with Crippen molar-refractivity contribution in [1.29, 1.82) is 0 Å². The van der Waals surface area contributed by atoms with Gasteiger partial charge in [0, 0.05) is 10.9 Å². The standard InChI is InChI=1S/C9H7BrF5NO2/c10-2-4-1-5(3-17)16-6(8(11)12)7(4)18-9(13,14)15/h1,8,17H,2-3H2. The molecular weight excluding hydrogens is 329 g/mol. The molecule has 18 heavy (non-hydrogen) atoms. The first-order valence-electron chi connectivity index (χ1n) is 4.52. The predicted octanol–water partition coefficient (Wildman–Crippen LogP) is 3.31. The van der Waals surface area contributed by atoms with Gasteiger partial charge in [-0.3, -0.25) is 0 Å². The number of rotatable bonds is 4. The van der Waals surface area contributed by atoms with Gasteiger partial charge in [-0.25, -0.2) is 13.8 Å². The molecule has 1 aromatic rings. The molecule has 0 saturated heterocycles. The second-order valence-electron chi connectivity index (χ2n) is 3.13. The van der Waals surface area contributed by atoms with Crippen molar-refractivity contribution in [3.63, 3.8) is 0 Å². The average molecular weight is 336 g/mol. The second-order valence-corrected chi connectivity index (χ2v) is 3.69. The van der Waals surface area contributed by atoms with Gasteiger partial charge in [0.05, 0.1) is 12.3 Å². The van der Waals surface area contributed by atoms with Crippen LogP contribution in [-0.4, -0.2) is 16.5 Å². The van der Waals surface area contributed by atoms with Gasteiger partial charge in [0.25, 0.3) is 6.43 Å². The molecule has 0 aliphatic heterocycles. The molecule has 0 aliphatic carbocycles. The highest BCUT2D eigenvalue weighted by molar-refractivity contribution is 9.08. The third-order valence-corrected chi connectivity index (χ3v) is 2.46. The second kappa shape index (κ2) is 5.79. The fourth-order valence-corrected chi connectivity index (χ4v) is 1.65. The summed E-state index contributed by atoms with van der Waals surface area (Å²) >= 11 is 2.86. The third-order valence-electron chi connectivity index (χ3n) is 1.86. The van der Waals surface area contributed by atoms with Gasteiger partial charge in [-0.15, -0.1) is 13.2 Å². The van der Waals surface area contributed by atoms with Crippen molar-refractivity contribution in [2.45, 2.75) is 24.7 Å². The largest absolute Gasteiger partial charge is 0.573 e. The molecule has 0 fully saturated rings. The van der Waals surface area contributed by atoms with E-state index in [4.69, 9.17) is 5.11 Å². The molecule has 9 heteroatoms. The maximum atomic E-state index is 12.6. The molecule has 0 aliphatic rings. The summed E-state index contributed by atoms with van der Waals surface area (Å²) in [5.74, 6) is -1.04. The van der Waals surface area contributed by atoms with Crippen LogP contribution in [0.4, 0.5) is 22.0 Å². The van der Waals surface area contributed by atoms with Gasteiger partial charge in [-0.1, -0.05) is 15.9 Å². The lowest BCUT2D eigenvalue weighted by Gasteiger charge is -2.16.